The van der Waals surface area contributed by atoms with E-state index < -0.39 is 0 Å². The second kappa shape index (κ2) is 11.7. The molecule has 0 bridgehead atoms. The topological polar surface area (TPSA) is 58.8 Å². The average Bonchev–Trinajstić information content (AvgIpc) is 3.08. The predicted molar refractivity (Wildman–Crippen MR) is 108 cm³/mol. The molecule has 0 spiro atoms. The lowest BCUT2D eigenvalue weighted by Gasteiger charge is -2.15. The molecule has 0 saturated carbocycles. The van der Waals surface area contributed by atoms with Gasteiger partial charge in [0.1, 0.15) is 23.4 Å². The molecule has 2 rings (SSSR count). The predicted octanol–water partition coefficient (Wildman–Crippen LogP) is 3.60. The molecule has 138 valence electrons. The first kappa shape index (κ1) is 21.3. The molecule has 25 heavy (non-hydrogen) atoms. The van der Waals surface area contributed by atoms with Crippen molar-refractivity contribution in [2.75, 3.05) is 19.6 Å². The van der Waals surface area contributed by atoms with Crippen LogP contribution in [0.5, 0.6) is 5.75 Å². The summed E-state index contributed by atoms with van der Waals surface area (Å²) in [6.45, 7) is 5.95. The summed E-state index contributed by atoms with van der Waals surface area (Å²) < 4.78 is 23.9. The fourth-order valence-corrected chi connectivity index (χ4v) is 2.10. The number of hydrogen-bond donors (Lipinski definition) is 2. The first-order chi connectivity index (χ1) is 11.7. The van der Waals surface area contributed by atoms with E-state index in [1.54, 1.807) is 18.4 Å². The smallest absolute Gasteiger partial charge is 0.191 e. The molecule has 1 heterocycles. The maximum atomic E-state index is 12.9. The largest absolute Gasteiger partial charge is 0.489 e. The molecule has 0 aliphatic rings. The van der Waals surface area contributed by atoms with Gasteiger partial charge in [-0.3, -0.25) is 0 Å². The van der Waals surface area contributed by atoms with Gasteiger partial charge in [-0.05, 0) is 50.2 Å². The molecule has 1 unspecified atom stereocenters. The lowest BCUT2D eigenvalue weighted by Crippen LogP contribution is -2.39. The minimum atomic E-state index is -0.275. The van der Waals surface area contributed by atoms with E-state index in [4.69, 9.17) is 9.15 Å². The second-order valence-corrected chi connectivity index (χ2v) is 5.36. The Morgan fingerprint density at radius 3 is 2.64 bits per heavy atom. The van der Waals surface area contributed by atoms with Crippen LogP contribution in [0, 0.1) is 5.82 Å². The number of nitrogens with zero attached hydrogens (tertiary/aromatic N) is 1. The molecular weight excluding hydrogens is 436 g/mol. The van der Waals surface area contributed by atoms with E-state index in [-0.39, 0.29) is 35.9 Å². The zero-order valence-electron chi connectivity index (χ0n) is 14.5. The molecule has 0 fully saturated rings. The zero-order chi connectivity index (χ0) is 17.2. The summed E-state index contributed by atoms with van der Waals surface area (Å²) in [6.07, 6.45) is 2.35. The fraction of sp³-hybridized carbons (Fsp3) is 0.389. The maximum Gasteiger partial charge on any atom is 0.191 e. The van der Waals surface area contributed by atoms with Gasteiger partial charge in [-0.25, -0.2) is 9.38 Å². The molecule has 1 atom stereocenters. The van der Waals surface area contributed by atoms with Crippen molar-refractivity contribution in [3.8, 4) is 5.75 Å². The summed E-state index contributed by atoms with van der Waals surface area (Å²) in [5.41, 5.74) is 0. The van der Waals surface area contributed by atoms with Crippen LogP contribution in [-0.2, 0) is 6.42 Å². The minimum absolute atomic E-state index is 0. The standard InChI is InChI=1S/C18H24FN3O2.HI/c1-3-20-18(21-11-10-16-5-4-12-23-16)22-13-14(2)24-17-8-6-15(19)7-9-17;/h4-9,12,14H,3,10-11,13H2,1-2H3,(H2,20,21,22);1H. The maximum absolute atomic E-state index is 12.9. The van der Waals surface area contributed by atoms with Gasteiger partial charge in [0.25, 0.3) is 0 Å². The van der Waals surface area contributed by atoms with Crippen LogP contribution < -0.4 is 15.4 Å². The van der Waals surface area contributed by atoms with Crippen molar-refractivity contribution in [3.05, 3.63) is 54.2 Å². The van der Waals surface area contributed by atoms with Gasteiger partial charge >= 0.3 is 0 Å². The SMILES string of the molecule is CCNC(=NCC(C)Oc1ccc(F)cc1)NCCc1ccco1.I. The molecule has 0 saturated heterocycles. The number of ether oxygens (including phenoxy) is 1. The number of rotatable bonds is 8. The van der Waals surface area contributed by atoms with E-state index in [1.165, 1.54) is 12.1 Å². The summed E-state index contributed by atoms with van der Waals surface area (Å²) in [7, 11) is 0. The van der Waals surface area contributed by atoms with E-state index >= 15 is 0 Å². The highest BCUT2D eigenvalue weighted by atomic mass is 127. The molecule has 7 heteroatoms. The Kier molecular flexibility index (Phi) is 9.98. The minimum Gasteiger partial charge on any atom is -0.489 e. The molecule has 0 aliphatic carbocycles. The molecular formula is C18H25FIN3O2. The van der Waals surface area contributed by atoms with E-state index in [0.717, 1.165) is 31.2 Å². The monoisotopic (exact) mass is 461 g/mol. The van der Waals surface area contributed by atoms with Crippen LogP contribution >= 0.6 is 24.0 Å². The number of furan rings is 1. The highest BCUT2D eigenvalue weighted by Crippen LogP contribution is 2.13. The molecule has 1 aromatic carbocycles. The van der Waals surface area contributed by atoms with Crippen LogP contribution in [-0.4, -0.2) is 31.7 Å². The van der Waals surface area contributed by atoms with Gasteiger partial charge < -0.3 is 19.8 Å². The first-order valence-corrected chi connectivity index (χ1v) is 8.14. The summed E-state index contributed by atoms with van der Waals surface area (Å²) in [4.78, 5) is 4.51. The van der Waals surface area contributed by atoms with Crippen molar-refractivity contribution in [1.29, 1.82) is 0 Å². The van der Waals surface area contributed by atoms with Crippen molar-refractivity contribution in [3.63, 3.8) is 0 Å². The van der Waals surface area contributed by atoms with E-state index in [1.807, 2.05) is 26.0 Å². The van der Waals surface area contributed by atoms with Gasteiger partial charge in [0.2, 0.25) is 0 Å². The number of benzene rings is 1. The number of hydrogen-bond acceptors (Lipinski definition) is 3. The van der Waals surface area contributed by atoms with Crippen molar-refractivity contribution < 1.29 is 13.5 Å². The van der Waals surface area contributed by atoms with E-state index in [2.05, 4.69) is 15.6 Å². The Bertz CT molecular complexity index is 618. The third-order valence-electron chi connectivity index (χ3n) is 3.25. The van der Waals surface area contributed by atoms with Gasteiger partial charge in [0.05, 0.1) is 12.8 Å². The second-order valence-electron chi connectivity index (χ2n) is 5.36. The Morgan fingerprint density at radius 2 is 2.00 bits per heavy atom. The highest BCUT2D eigenvalue weighted by Gasteiger charge is 2.05. The van der Waals surface area contributed by atoms with Gasteiger partial charge in [0.15, 0.2) is 5.96 Å². The summed E-state index contributed by atoms with van der Waals surface area (Å²) in [6, 6.07) is 9.81. The molecule has 2 N–H and O–H groups in total. The number of halogens is 2. The lowest BCUT2D eigenvalue weighted by molar-refractivity contribution is 0.230. The summed E-state index contributed by atoms with van der Waals surface area (Å²) in [5.74, 6) is 2.03. The van der Waals surface area contributed by atoms with Crippen LogP contribution in [0.1, 0.15) is 19.6 Å². The van der Waals surface area contributed by atoms with Gasteiger partial charge in [-0.2, -0.15) is 0 Å². The fourth-order valence-electron chi connectivity index (χ4n) is 2.10. The van der Waals surface area contributed by atoms with Gasteiger partial charge in [-0.1, -0.05) is 0 Å². The lowest BCUT2D eigenvalue weighted by atomic mass is 10.3. The Morgan fingerprint density at radius 1 is 1.24 bits per heavy atom. The molecule has 0 radical (unpaired) electrons. The third kappa shape index (κ3) is 8.24. The van der Waals surface area contributed by atoms with Gasteiger partial charge in [-0.15, -0.1) is 24.0 Å². The van der Waals surface area contributed by atoms with Crippen molar-refractivity contribution in [2.24, 2.45) is 4.99 Å². The zero-order valence-corrected chi connectivity index (χ0v) is 16.8. The molecule has 0 amide bonds. The quantitative estimate of drug-likeness (QED) is 0.359. The van der Waals surface area contributed by atoms with E-state index in [0.29, 0.717) is 12.3 Å². The Labute approximate surface area is 165 Å². The highest BCUT2D eigenvalue weighted by molar-refractivity contribution is 14.0. The Balaban J connectivity index is 0.00000312. The third-order valence-corrected chi connectivity index (χ3v) is 3.25. The van der Waals surface area contributed by atoms with Crippen molar-refractivity contribution >= 4 is 29.9 Å². The van der Waals surface area contributed by atoms with Crippen LogP contribution in [0.3, 0.4) is 0 Å². The number of guanidine groups is 1. The van der Waals surface area contributed by atoms with Crippen molar-refractivity contribution in [2.45, 2.75) is 26.4 Å². The molecule has 2 aromatic rings. The molecule has 0 aliphatic heterocycles. The summed E-state index contributed by atoms with van der Waals surface area (Å²) >= 11 is 0. The van der Waals surface area contributed by atoms with Gasteiger partial charge in [0, 0.05) is 19.5 Å². The van der Waals surface area contributed by atoms with Crippen LogP contribution in [0.4, 0.5) is 4.39 Å². The van der Waals surface area contributed by atoms with Crippen LogP contribution in [0.25, 0.3) is 0 Å². The average molecular weight is 461 g/mol. The van der Waals surface area contributed by atoms with E-state index in [9.17, 15) is 4.39 Å². The summed E-state index contributed by atoms with van der Waals surface area (Å²) in [5, 5.41) is 6.45. The molecule has 5 nitrogen and oxygen atoms in total. The number of aliphatic imine (C=N–C) groups is 1. The van der Waals surface area contributed by atoms with Crippen LogP contribution in [0.2, 0.25) is 0 Å². The van der Waals surface area contributed by atoms with Crippen LogP contribution in [0.15, 0.2) is 52.1 Å². The normalized spacial score (nSPS) is 12.2. The van der Waals surface area contributed by atoms with Crippen molar-refractivity contribution in [1.82, 2.24) is 10.6 Å². The Hall–Kier alpha value is -1.77. The number of nitrogens with one attached hydrogen (secondary N) is 2. The molecule has 1 aromatic heterocycles. The first-order valence-electron chi connectivity index (χ1n) is 8.14.